The predicted octanol–water partition coefficient (Wildman–Crippen LogP) is 3.47. The van der Waals surface area contributed by atoms with Gasteiger partial charge in [-0.05, 0) is 49.8 Å². The van der Waals surface area contributed by atoms with Gasteiger partial charge in [-0.15, -0.1) is 0 Å². The summed E-state index contributed by atoms with van der Waals surface area (Å²) >= 11 is 3.53. The van der Waals surface area contributed by atoms with Crippen LogP contribution >= 0.6 is 15.9 Å². The summed E-state index contributed by atoms with van der Waals surface area (Å²) in [5, 5.41) is 10.5. The number of hydrogen-bond acceptors (Lipinski definition) is 2. The maximum absolute atomic E-state index is 12.3. The van der Waals surface area contributed by atoms with Crippen LogP contribution in [0.2, 0.25) is 0 Å². The normalized spacial score (nSPS) is 15.2. The number of nitrogens with zero attached hydrogens (tertiary/aromatic N) is 1. The lowest BCUT2D eigenvalue weighted by Crippen LogP contribution is -2.28. The van der Waals surface area contributed by atoms with Crippen molar-refractivity contribution in [1.82, 2.24) is 15.5 Å². The van der Waals surface area contributed by atoms with Crippen LogP contribution in [0.4, 0.5) is 0 Å². The van der Waals surface area contributed by atoms with E-state index in [0.717, 1.165) is 28.6 Å². The number of hydrogen-bond donors (Lipinski definition) is 2. The third kappa shape index (κ3) is 3.24. The lowest BCUT2D eigenvalue weighted by molar-refractivity contribution is -0.121. The lowest BCUT2D eigenvalue weighted by atomic mass is 9.95. The molecule has 3 rings (SSSR count). The number of carbonyl (C=O) groups is 1. The van der Waals surface area contributed by atoms with Gasteiger partial charge in [0.05, 0.1) is 18.2 Å². The summed E-state index contributed by atoms with van der Waals surface area (Å²) < 4.78 is 1.01. The van der Waals surface area contributed by atoms with E-state index < -0.39 is 0 Å². The van der Waals surface area contributed by atoms with E-state index in [-0.39, 0.29) is 11.9 Å². The van der Waals surface area contributed by atoms with Gasteiger partial charge in [0.25, 0.3) is 0 Å². The van der Waals surface area contributed by atoms with Gasteiger partial charge in [0.15, 0.2) is 0 Å². The van der Waals surface area contributed by atoms with E-state index in [2.05, 4.69) is 31.4 Å². The summed E-state index contributed by atoms with van der Waals surface area (Å²) in [4.78, 5) is 12.3. The van der Waals surface area contributed by atoms with E-state index in [4.69, 9.17) is 0 Å². The molecule has 1 aromatic carbocycles. The molecule has 116 valence electrons. The number of benzene rings is 1. The summed E-state index contributed by atoms with van der Waals surface area (Å²) in [6.45, 7) is 2.00. The zero-order valence-corrected chi connectivity index (χ0v) is 14.2. The Balaban J connectivity index is 1.65. The number of aromatic amines is 1. The van der Waals surface area contributed by atoms with E-state index in [1.165, 1.54) is 24.1 Å². The van der Waals surface area contributed by atoms with Crippen molar-refractivity contribution in [2.45, 2.75) is 45.1 Å². The predicted molar refractivity (Wildman–Crippen MR) is 89.6 cm³/mol. The molecule has 2 aromatic rings. The molecule has 1 heterocycles. The van der Waals surface area contributed by atoms with E-state index in [1.54, 1.807) is 0 Å². The molecule has 22 heavy (non-hydrogen) atoms. The number of halogens is 1. The van der Waals surface area contributed by atoms with Crippen LogP contribution in [0.1, 0.15) is 48.3 Å². The maximum atomic E-state index is 12.3. The van der Waals surface area contributed by atoms with Crippen molar-refractivity contribution in [3.05, 3.63) is 51.3 Å². The largest absolute Gasteiger partial charge is 0.349 e. The molecular weight excluding hydrogens is 342 g/mol. The molecule has 0 spiro atoms. The molecule has 0 radical (unpaired) electrons. The molecule has 1 atom stereocenters. The van der Waals surface area contributed by atoms with Gasteiger partial charge in [0.2, 0.25) is 5.91 Å². The van der Waals surface area contributed by atoms with Crippen LogP contribution in [0.25, 0.3) is 0 Å². The van der Waals surface area contributed by atoms with Crippen LogP contribution < -0.4 is 5.32 Å². The molecule has 1 aliphatic carbocycles. The third-order valence-corrected chi connectivity index (χ3v) is 4.94. The topological polar surface area (TPSA) is 57.8 Å². The minimum Gasteiger partial charge on any atom is -0.349 e. The zero-order chi connectivity index (χ0) is 15.5. The minimum atomic E-state index is -0.0298. The molecule has 2 N–H and O–H groups in total. The Hall–Kier alpha value is -1.62. The first-order valence-corrected chi connectivity index (χ1v) is 8.53. The average molecular weight is 362 g/mol. The number of aryl methyl sites for hydroxylation is 1. The summed E-state index contributed by atoms with van der Waals surface area (Å²) in [6, 6.07) is 7.93. The van der Waals surface area contributed by atoms with E-state index in [0.29, 0.717) is 6.42 Å². The number of fused-ring (bicyclic) bond motifs is 1. The second-order valence-corrected chi connectivity index (χ2v) is 6.68. The molecule has 5 heteroatoms. The van der Waals surface area contributed by atoms with Crippen molar-refractivity contribution in [3.8, 4) is 0 Å². The quantitative estimate of drug-likeness (QED) is 0.875. The number of carbonyl (C=O) groups excluding carboxylic acids is 1. The van der Waals surface area contributed by atoms with Crippen LogP contribution in [0, 0.1) is 0 Å². The van der Waals surface area contributed by atoms with Gasteiger partial charge < -0.3 is 5.32 Å². The molecular formula is C17H20BrN3O. The fourth-order valence-electron chi connectivity index (χ4n) is 3.04. The van der Waals surface area contributed by atoms with Crippen molar-refractivity contribution in [1.29, 1.82) is 0 Å². The first-order chi connectivity index (χ1) is 10.6. The maximum Gasteiger partial charge on any atom is 0.226 e. The Bertz CT molecular complexity index is 680. The molecule has 1 unspecified atom stereocenters. The van der Waals surface area contributed by atoms with E-state index >= 15 is 0 Å². The molecule has 1 aromatic heterocycles. The van der Waals surface area contributed by atoms with Crippen molar-refractivity contribution in [2.75, 3.05) is 0 Å². The molecule has 1 amide bonds. The Kier molecular flexibility index (Phi) is 4.62. The van der Waals surface area contributed by atoms with Gasteiger partial charge >= 0.3 is 0 Å². The van der Waals surface area contributed by atoms with E-state index in [9.17, 15) is 4.79 Å². The molecule has 4 nitrogen and oxygen atoms in total. The molecule has 0 aliphatic heterocycles. The fourth-order valence-corrected chi connectivity index (χ4v) is 3.67. The van der Waals surface area contributed by atoms with E-state index in [1.807, 2.05) is 31.2 Å². The van der Waals surface area contributed by atoms with Crippen molar-refractivity contribution in [2.24, 2.45) is 0 Å². The average Bonchev–Trinajstić information content (AvgIpc) is 2.91. The zero-order valence-electron chi connectivity index (χ0n) is 12.7. The van der Waals surface area contributed by atoms with Gasteiger partial charge in [0, 0.05) is 10.2 Å². The second-order valence-electron chi connectivity index (χ2n) is 5.82. The van der Waals surface area contributed by atoms with Gasteiger partial charge in [-0.1, -0.05) is 34.1 Å². The van der Waals surface area contributed by atoms with Gasteiger partial charge in [-0.2, -0.15) is 5.10 Å². The summed E-state index contributed by atoms with van der Waals surface area (Å²) in [6.07, 6.45) is 4.83. The number of aromatic nitrogens is 2. The van der Waals surface area contributed by atoms with Crippen molar-refractivity contribution in [3.63, 3.8) is 0 Å². The Morgan fingerprint density at radius 2 is 2.14 bits per heavy atom. The first kappa shape index (κ1) is 15.3. The summed E-state index contributed by atoms with van der Waals surface area (Å²) in [5.41, 5.74) is 4.47. The Morgan fingerprint density at radius 1 is 1.36 bits per heavy atom. The van der Waals surface area contributed by atoms with Gasteiger partial charge in [-0.3, -0.25) is 9.89 Å². The highest BCUT2D eigenvalue weighted by Gasteiger charge is 2.19. The SMILES string of the molecule is CC(NC(=O)Cc1n[nH]c2c1CCCC2)c1ccccc1Br. The summed E-state index contributed by atoms with van der Waals surface area (Å²) in [7, 11) is 0. The van der Waals surface area contributed by atoms with Gasteiger partial charge in [0.1, 0.15) is 0 Å². The van der Waals surface area contributed by atoms with Crippen LogP contribution in [0.15, 0.2) is 28.7 Å². The van der Waals surface area contributed by atoms with Crippen molar-refractivity contribution >= 4 is 21.8 Å². The van der Waals surface area contributed by atoms with Crippen LogP contribution in [0.5, 0.6) is 0 Å². The fraction of sp³-hybridized carbons (Fsp3) is 0.412. The Labute approximate surface area is 138 Å². The number of H-pyrrole nitrogens is 1. The van der Waals surface area contributed by atoms with Crippen LogP contribution in [0.3, 0.4) is 0 Å². The van der Waals surface area contributed by atoms with Crippen LogP contribution in [-0.2, 0) is 24.1 Å². The first-order valence-electron chi connectivity index (χ1n) is 7.74. The Morgan fingerprint density at radius 3 is 2.95 bits per heavy atom. The number of rotatable bonds is 4. The summed E-state index contributed by atoms with van der Waals surface area (Å²) in [5.74, 6) is 0.0168. The highest BCUT2D eigenvalue weighted by molar-refractivity contribution is 9.10. The monoisotopic (exact) mass is 361 g/mol. The molecule has 0 saturated carbocycles. The number of amides is 1. The highest BCUT2D eigenvalue weighted by Crippen LogP contribution is 2.24. The minimum absolute atomic E-state index is 0.0168. The molecule has 0 saturated heterocycles. The standard InChI is InChI=1S/C17H20BrN3O/c1-11(12-6-2-4-8-14(12)18)19-17(22)10-16-13-7-3-5-9-15(13)20-21-16/h2,4,6,8,11H,3,5,7,9-10H2,1H3,(H,19,22)(H,20,21). The molecule has 0 bridgehead atoms. The lowest BCUT2D eigenvalue weighted by Gasteiger charge is -2.16. The number of nitrogens with one attached hydrogen (secondary N) is 2. The second kappa shape index (κ2) is 6.65. The molecule has 1 aliphatic rings. The van der Waals surface area contributed by atoms with Crippen molar-refractivity contribution < 1.29 is 4.79 Å². The highest BCUT2D eigenvalue weighted by atomic mass is 79.9. The van der Waals surface area contributed by atoms with Gasteiger partial charge in [-0.25, -0.2) is 0 Å². The smallest absolute Gasteiger partial charge is 0.226 e. The third-order valence-electron chi connectivity index (χ3n) is 4.22. The van der Waals surface area contributed by atoms with Crippen LogP contribution in [-0.4, -0.2) is 16.1 Å². The molecule has 0 fully saturated rings.